The van der Waals surface area contributed by atoms with Gasteiger partial charge >= 0.3 is 0 Å². The number of amides is 1. The molecule has 2 aliphatic rings. The van der Waals surface area contributed by atoms with E-state index < -0.39 is 9.84 Å². The number of nitrogens with zero attached hydrogens (tertiary/aromatic N) is 1. The summed E-state index contributed by atoms with van der Waals surface area (Å²) in [5.74, 6) is 0.772. The monoisotopic (exact) mass is 381 g/mol. The molecule has 2 saturated heterocycles. The van der Waals surface area contributed by atoms with Crippen LogP contribution >= 0.6 is 12.4 Å². The molecule has 2 unspecified atom stereocenters. The van der Waals surface area contributed by atoms with Gasteiger partial charge < -0.3 is 15.5 Å². The molecule has 0 saturated carbocycles. The molecule has 2 heterocycles. The Kier molecular flexibility index (Phi) is 8.98. The highest BCUT2D eigenvalue weighted by Crippen LogP contribution is 2.16. The summed E-state index contributed by atoms with van der Waals surface area (Å²) in [6.07, 6.45) is 4.17. The maximum atomic E-state index is 12.0. The second kappa shape index (κ2) is 9.94. The molecule has 2 N–H and O–H groups in total. The summed E-state index contributed by atoms with van der Waals surface area (Å²) in [6.45, 7) is 7.55. The van der Waals surface area contributed by atoms with Crippen molar-refractivity contribution in [2.45, 2.75) is 50.8 Å². The molecular weight excluding hydrogens is 350 g/mol. The van der Waals surface area contributed by atoms with Crippen LogP contribution in [0.15, 0.2) is 0 Å². The van der Waals surface area contributed by atoms with Gasteiger partial charge in [-0.05, 0) is 58.5 Å². The average molecular weight is 382 g/mol. The van der Waals surface area contributed by atoms with Crippen LogP contribution in [0.4, 0.5) is 0 Å². The van der Waals surface area contributed by atoms with Crippen molar-refractivity contribution in [1.82, 2.24) is 15.5 Å². The number of halogens is 1. The quantitative estimate of drug-likeness (QED) is 0.682. The van der Waals surface area contributed by atoms with Gasteiger partial charge in [-0.25, -0.2) is 8.42 Å². The molecule has 0 aromatic carbocycles. The number of sulfone groups is 1. The summed E-state index contributed by atoms with van der Waals surface area (Å²) in [5, 5.41) is 5.97. The summed E-state index contributed by atoms with van der Waals surface area (Å²) < 4.78 is 23.9. The van der Waals surface area contributed by atoms with E-state index in [1.54, 1.807) is 13.8 Å². The zero-order valence-corrected chi connectivity index (χ0v) is 16.4. The van der Waals surface area contributed by atoms with Gasteiger partial charge in [0.15, 0.2) is 9.84 Å². The maximum absolute atomic E-state index is 12.0. The zero-order chi connectivity index (χ0) is 16.9. The number of rotatable bonds is 7. The normalized spacial score (nSPS) is 25.5. The van der Waals surface area contributed by atoms with Crippen LogP contribution in [0.25, 0.3) is 0 Å². The minimum atomic E-state index is -2.97. The Morgan fingerprint density at radius 3 is 2.67 bits per heavy atom. The Bertz CT molecular complexity index is 493. The third kappa shape index (κ3) is 6.50. The smallest absolute Gasteiger partial charge is 0.237 e. The van der Waals surface area contributed by atoms with Crippen LogP contribution in [-0.2, 0) is 14.6 Å². The minimum absolute atomic E-state index is 0. The second-order valence-electron chi connectivity index (χ2n) is 7.12. The predicted molar refractivity (Wildman–Crippen MR) is 99.4 cm³/mol. The van der Waals surface area contributed by atoms with E-state index in [0.29, 0.717) is 19.0 Å². The summed E-state index contributed by atoms with van der Waals surface area (Å²) in [5.41, 5.74) is 0. The molecule has 2 aliphatic heterocycles. The molecule has 0 aromatic heterocycles. The topological polar surface area (TPSA) is 78.5 Å². The van der Waals surface area contributed by atoms with Gasteiger partial charge in [0, 0.05) is 19.6 Å². The van der Waals surface area contributed by atoms with Crippen LogP contribution < -0.4 is 10.6 Å². The lowest BCUT2D eigenvalue weighted by atomic mass is 9.98. The van der Waals surface area contributed by atoms with E-state index in [1.165, 1.54) is 0 Å². The van der Waals surface area contributed by atoms with Gasteiger partial charge in [0.05, 0.1) is 17.0 Å². The number of carbonyl (C=O) groups excluding carboxylic acids is 1. The van der Waals surface area contributed by atoms with E-state index >= 15 is 0 Å². The first kappa shape index (κ1) is 21.7. The third-order valence-corrected chi connectivity index (χ3v) is 7.14. The molecule has 2 atom stereocenters. The Labute approximate surface area is 152 Å². The summed E-state index contributed by atoms with van der Waals surface area (Å²) >= 11 is 0. The van der Waals surface area contributed by atoms with Gasteiger partial charge in [-0.1, -0.05) is 0 Å². The van der Waals surface area contributed by atoms with Crippen LogP contribution in [-0.4, -0.2) is 69.0 Å². The van der Waals surface area contributed by atoms with E-state index in [1.807, 2.05) is 0 Å². The standard InChI is InChI=1S/C16H31N3O3S.ClH/c1-13(2)23(21,22)10-9-19-8-4-5-14(12-19)11-18-16(20)15-6-3-7-17-15;/h13-15,17H,3-12H2,1-2H3,(H,18,20);1H. The highest BCUT2D eigenvalue weighted by Gasteiger charge is 2.25. The molecule has 0 spiro atoms. The molecule has 142 valence electrons. The van der Waals surface area contributed by atoms with Crippen LogP contribution in [0.1, 0.15) is 39.5 Å². The van der Waals surface area contributed by atoms with E-state index in [4.69, 9.17) is 0 Å². The van der Waals surface area contributed by atoms with Gasteiger partial charge in [-0.3, -0.25) is 4.79 Å². The van der Waals surface area contributed by atoms with Crippen LogP contribution in [0.5, 0.6) is 0 Å². The van der Waals surface area contributed by atoms with Gasteiger partial charge in [0.1, 0.15) is 0 Å². The van der Waals surface area contributed by atoms with Crippen molar-refractivity contribution >= 4 is 28.2 Å². The fourth-order valence-electron chi connectivity index (χ4n) is 3.29. The molecule has 2 rings (SSSR count). The van der Waals surface area contributed by atoms with Gasteiger partial charge in [-0.2, -0.15) is 0 Å². The van der Waals surface area contributed by atoms with E-state index in [0.717, 1.165) is 45.3 Å². The first-order valence-electron chi connectivity index (χ1n) is 8.83. The van der Waals surface area contributed by atoms with E-state index in [-0.39, 0.29) is 35.4 Å². The number of hydrogen-bond acceptors (Lipinski definition) is 5. The summed E-state index contributed by atoms with van der Waals surface area (Å²) in [4.78, 5) is 14.3. The van der Waals surface area contributed by atoms with Crippen LogP contribution in [0.3, 0.4) is 0 Å². The molecule has 1 amide bonds. The fourth-order valence-corrected chi connectivity index (χ4v) is 4.27. The number of hydrogen-bond donors (Lipinski definition) is 2. The van der Waals surface area contributed by atoms with Crippen molar-refractivity contribution in [3.8, 4) is 0 Å². The number of nitrogens with one attached hydrogen (secondary N) is 2. The minimum Gasteiger partial charge on any atom is -0.354 e. The highest BCUT2D eigenvalue weighted by atomic mass is 35.5. The average Bonchev–Trinajstić information content (AvgIpc) is 3.05. The molecule has 8 heteroatoms. The van der Waals surface area contributed by atoms with E-state index in [2.05, 4.69) is 15.5 Å². The maximum Gasteiger partial charge on any atom is 0.237 e. The van der Waals surface area contributed by atoms with E-state index in [9.17, 15) is 13.2 Å². The second-order valence-corrected chi connectivity index (χ2v) is 9.80. The number of likely N-dealkylation sites (tertiary alicyclic amines) is 1. The Balaban J connectivity index is 0.00000288. The summed E-state index contributed by atoms with van der Waals surface area (Å²) in [6, 6.07) is -0.0223. The molecule has 0 aromatic rings. The molecular formula is C16H32ClN3O3S. The summed E-state index contributed by atoms with van der Waals surface area (Å²) in [7, 11) is -2.97. The van der Waals surface area contributed by atoms with Crippen LogP contribution in [0.2, 0.25) is 0 Å². The molecule has 2 fully saturated rings. The van der Waals surface area contributed by atoms with Crippen molar-refractivity contribution in [1.29, 1.82) is 0 Å². The Morgan fingerprint density at radius 1 is 1.29 bits per heavy atom. The first-order chi connectivity index (χ1) is 10.9. The van der Waals surface area contributed by atoms with Crippen molar-refractivity contribution in [2.24, 2.45) is 5.92 Å². The van der Waals surface area contributed by atoms with Crippen molar-refractivity contribution < 1.29 is 13.2 Å². The molecule has 0 bridgehead atoms. The Morgan fingerprint density at radius 2 is 2.04 bits per heavy atom. The largest absolute Gasteiger partial charge is 0.354 e. The van der Waals surface area contributed by atoms with Crippen molar-refractivity contribution in [3.05, 3.63) is 0 Å². The van der Waals surface area contributed by atoms with Crippen molar-refractivity contribution in [2.75, 3.05) is 38.5 Å². The first-order valence-corrected chi connectivity index (χ1v) is 10.5. The lowest BCUT2D eigenvalue weighted by Crippen LogP contribution is -2.46. The number of piperidine rings is 1. The Hall–Kier alpha value is -0.370. The van der Waals surface area contributed by atoms with Gasteiger partial charge in [0.25, 0.3) is 0 Å². The zero-order valence-electron chi connectivity index (χ0n) is 14.8. The SMILES string of the molecule is CC(C)S(=O)(=O)CCN1CCCC(CNC(=O)C2CCCN2)C1.Cl. The van der Waals surface area contributed by atoms with Crippen LogP contribution in [0, 0.1) is 5.92 Å². The third-order valence-electron chi connectivity index (χ3n) is 4.96. The molecule has 0 radical (unpaired) electrons. The lowest BCUT2D eigenvalue weighted by Gasteiger charge is -2.33. The predicted octanol–water partition coefficient (Wildman–Crippen LogP) is 0.812. The fraction of sp³-hybridized carbons (Fsp3) is 0.938. The molecule has 24 heavy (non-hydrogen) atoms. The number of carbonyl (C=O) groups is 1. The van der Waals surface area contributed by atoms with Gasteiger partial charge in [0.2, 0.25) is 5.91 Å². The molecule has 6 nitrogen and oxygen atoms in total. The van der Waals surface area contributed by atoms with Gasteiger partial charge in [-0.15, -0.1) is 12.4 Å². The highest BCUT2D eigenvalue weighted by molar-refractivity contribution is 7.92. The van der Waals surface area contributed by atoms with Crippen molar-refractivity contribution in [3.63, 3.8) is 0 Å². The lowest BCUT2D eigenvalue weighted by molar-refractivity contribution is -0.123. The molecule has 0 aliphatic carbocycles.